The highest BCUT2D eigenvalue weighted by atomic mass is 35.5. The molecule has 0 spiro atoms. The molecule has 5 fully saturated rings. The number of H-pyrrole nitrogens is 1. The number of rotatable bonds is 15. The quantitative estimate of drug-likeness (QED) is 0.0508. The van der Waals surface area contributed by atoms with Gasteiger partial charge in [0.2, 0.25) is 0 Å². The van der Waals surface area contributed by atoms with E-state index in [-0.39, 0.29) is 12.5 Å². The summed E-state index contributed by atoms with van der Waals surface area (Å²) in [6.07, 6.45) is 12.0. The number of hydrogen-bond donors (Lipinski definition) is 7. The highest BCUT2D eigenvalue weighted by molar-refractivity contribution is 7.23. The van der Waals surface area contributed by atoms with Gasteiger partial charge in [-0.15, -0.1) is 34.0 Å². The van der Waals surface area contributed by atoms with Gasteiger partial charge in [-0.25, -0.2) is 24.3 Å². The van der Waals surface area contributed by atoms with Crippen LogP contribution in [0, 0.1) is 0 Å². The van der Waals surface area contributed by atoms with Crippen molar-refractivity contribution in [2.24, 2.45) is 5.73 Å². The number of piperazine rings is 3. The zero-order valence-electron chi connectivity index (χ0n) is 51.0. The summed E-state index contributed by atoms with van der Waals surface area (Å²) in [5, 5.41) is 23.8. The number of halogens is 1. The predicted octanol–water partition coefficient (Wildman–Crippen LogP) is 8.32. The van der Waals surface area contributed by atoms with Crippen molar-refractivity contribution in [2.45, 2.75) is 51.0 Å². The van der Waals surface area contributed by atoms with E-state index in [0.717, 1.165) is 204 Å². The third kappa shape index (κ3) is 16.4. The molecular formula is C61H86ClN21O2S3. The lowest BCUT2D eigenvalue weighted by atomic mass is 10.2. The monoisotopic (exact) mass is 1280 g/mol. The SMILES string of the molecule is CN1CCN(CCN)CC1.CN1CCN(CCNc2cc(N)nc3cc(-c4ccn[nH]4)sc23)CC1.CN1CCN(CCNc2cc(N)nc3cc(-c4ccnn4C4CCCCO4)sc23)CC1.Nc1cc(Cl)c2sc(-c3ccnn3C3CCCCO3)cc2n1. The molecule has 2 unspecified atom stereocenters. The first-order valence-corrected chi connectivity index (χ1v) is 33.7. The largest absolute Gasteiger partial charge is 0.384 e. The van der Waals surface area contributed by atoms with Crippen LogP contribution in [-0.4, -0.2) is 226 Å². The standard InChI is InChI=1S/C22H31N7OS.C17H23N7S.C15H15ClN4OS.C7H17N3/c1-27-9-11-28(12-10-27)8-7-24-16-15-20(23)26-17-14-19(31-22(16)17)18-5-6-25-29(18)21-4-2-3-13-30-21;1-23-6-8-24(9-7-23)5-4-19-13-11-16(18)21-14-10-15(25-17(13)14)12-2-3-20-22-12;16-9-7-13(17)19-10-8-12(22-15(9)10)11-4-5-18-20(11)14-3-1-2-6-21-14;1-9-4-6-10(3-2-8)7-5-9/h5-6,14-15,21H,2-4,7-13H2,1H3,(H3,23,24,26);2-3,10-11H,4-9H2,1H3,(H,20,22)(H3,18,19,21);4-5,7-8,14H,1-3,6H2,(H2,17,19);2-8H2,1H3. The number of pyridine rings is 3. The van der Waals surface area contributed by atoms with Crippen LogP contribution in [0.4, 0.5) is 28.8 Å². The van der Waals surface area contributed by atoms with Gasteiger partial charge in [-0.2, -0.15) is 15.3 Å². The number of nitrogen functional groups attached to an aromatic ring is 3. The van der Waals surface area contributed by atoms with Gasteiger partial charge in [0, 0.05) is 168 Å². The lowest BCUT2D eigenvalue weighted by molar-refractivity contribution is -0.0384. The molecule has 0 saturated carbocycles. The number of likely N-dealkylation sites (N-methyl/N-ethyl adjacent to an activating group) is 3. The number of hydrogen-bond acceptors (Lipinski definition) is 23. The van der Waals surface area contributed by atoms with Crippen molar-refractivity contribution in [1.82, 2.24) is 74.1 Å². The van der Waals surface area contributed by atoms with Crippen molar-refractivity contribution in [2.75, 3.05) is 180 Å². The first kappa shape index (κ1) is 63.5. The molecule has 0 bridgehead atoms. The van der Waals surface area contributed by atoms with Crippen LogP contribution < -0.4 is 33.6 Å². The van der Waals surface area contributed by atoms with E-state index in [1.54, 1.807) is 52.5 Å². The molecule has 0 aromatic carbocycles. The lowest BCUT2D eigenvalue weighted by Gasteiger charge is -2.32. The molecule has 27 heteroatoms. The number of nitrogens with zero attached hydrogens (tertiary/aromatic N) is 14. The Hall–Kier alpha value is -6.11. The molecule has 88 heavy (non-hydrogen) atoms. The summed E-state index contributed by atoms with van der Waals surface area (Å²) in [5.74, 6) is 1.53. The van der Waals surface area contributed by atoms with Crippen LogP contribution in [0.2, 0.25) is 5.02 Å². The Morgan fingerprint density at radius 1 is 0.534 bits per heavy atom. The van der Waals surface area contributed by atoms with E-state index in [9.17, 15) is 0 Å². The molecule has 9 aromatic heterocycles. The Kier molecular flexibility index (Phi) is 22.1. The molecule has 5 aliphatic heterocycles. The summed E-state index contributed by atoms with van der Waals surface area (Å²) in [5.41, 5.74) is 31.3. The van der Waals surface area contributed by atoms with Crippen molar-refractivity contribution in [3.63, 3.8) is 0 Å². The van der Waals surface area contributed by atoms with E-state index in [0.29, 0.717) is 22.5 Å². The Balaban J connectivity index is 0.000000128. The Morgan fingerprint density at radius 2 is 0.966 bits per heavy atom. The van der Waals surface area contributed by atoms with Gasteiger partial charge in [-0.05, 0) is 96.1 Å². The average Bonchev–Trinajstić information content (AvgIpc) is 3.35. The number of ether oxygens (including phenoxy) is 2. The molecule has 14 rings (SSSR count). The maximum absolute atomic E-state index is 6.27. The van der Waals surface area contributed by atoms with E-state index >= 15 is 0 Å². The summed E-state index contributed by atoms with van der Waals surface area (Å²) < 4.78 is 19.0. The fourth-order valence-corrected chi connectivity index (χ4v) is 15.1. The minimum Gasteiger partial charge on any atom is -0.384 e. The first-order valence-electron chi connectivity index (χ1n) is 30.9. The number of aromatic amines is 1. The molecular weight excluding hydrogens is 1190 g/mol. The summed E-state index contributed by atoms with van der Waals surface area (Å²) in [7, 11) is 6.53. The number of thiophene rings is 3. The molecule has 0 radical (unpaired) electrons. The highest BCUT2D eigenvalue weighted by Gasteiger charge is 2.24. The van der Waals surface area contributed by atoms with Gasteiger partial charge >= 0.3 is 0 Å². The lowest BCUT2D eigenvalue weighted by Crippen LogP contribution is -2.45. The Bertz CT molecular complexity index is 3610. The molecule has 5 saturated heterocycles. The topological polar surface area (TPSA) is 269 Å². The number of fused-ring (bicyclic) bond motifs is 3. The third-order valence-corrected chi connectivity index (χ3v) is 20.6. The number of aromatic nitrogens is 9. The van der Waals surface area contributed by atoms with Crippen molar-refractivity contribution in [3.05, 3.63) is 78.2 Å². The fraction of sp³-hybridized carbons (Fsp3) is 0.508. The maximum Gasteiger partial charge on any atom is 0.150 e. The van der Waals surface area contributed by atoms with Crippen molar-refractivity contribution in [3.8, 4) is 31.7 Å². The van der Waals surface area contributed by atoms with Gasteiger partial charge < -0.3 is 57.7 Å². The average molecular weight is 1280 g/mol. The van der Waals surface area contributed by atoms with E-state index in [4.69, 9.17) is 44.0 Å². The van der Waals surface area contributed by atoms with Crippen molar-refractivity contribution < 1.29 is 9.47 Å². The maximum atomic E-state index is 6.27. The number of nitrogens with one attached hydrogen (secondary N) is 3. The molecule has 14 heterocycles. The van der Waals surface area contributed by atoms with E-state index in [1.807, 2.05) is 45.9 Å². The van der Waals surface area contributed by atoms with Crippen LogP contribution in [0.15, 0.2) is 73.2 Å². The van der Waals surface area contributed by atoms with E-state index in [1.165, 1.54) is 39.0 Å². The van der Waals surface area contributed by atoms with Crippen LogP contribution >= 0.6 is 45.6 Å². The van der Waals surface area contributed by atoms with E-state index in [2.05, 4.69) is 115 Å². The summed E-state index contributed by atoms with van der Waals surface area (Å²) in [6.45, 7) is 21.2. The summed E-state index contributed by atoms with van der Waals surface area (Å²) in [4.78, 5) is 31.3. The number of nitrogens with two attached hydrogens (primary N) is 4. The normalized spacial score (nSPS) is 19.5. The molecule has 9 aromatic rings. The zero-order valence-corrected chi connectivity index (χ0v) is 54.2. The molecule has 0 aliphatic carbocycles. The van der Waals surface area contributed by atoms with Gasteiger partial charge in [-0.1, -0.05) is 11.6 Å². The molecule has 23 nitrogen and oxygen atoms in total. The van der Waals surface area contributed by atoms with Crippen LogP contribution in [-0.2, 0) is 9.47 Å². The molecule has 472 valence electrons. The van der Waals surface area contributed by atoms with Crippen molar-refractivity contribution >= 4 is 105 Å². The minimum absolute atomic E-state index is 0.0115. The van der Waals surface area contributed by atoms with Crippen LogP contribution in [0.25, 0.3) is 62.4 Å². The molecule has 2 atom stereocenters. The minimum atomic E-state index is 0.0115. The highest BCUT2D eigenvalue weighted by Crippen LogP contribution is 2.41. The van der Waals surface area contributed by atoms with Gasteiger partial charge in [0.05, 0.1) is 78.8 Å². The smallest absolute Gasteiger partial charge is 0.150 e. The predicted molar refractivity (Wildman–Crippen MR) is 363 cm³/mol. The van der Waals surface area contributed by atoms with Gasteiger partial charge in [0.25, 0.3) is 0 Å². The first-order chi connectivity index (χ1) is 42.9. The van der Waals surface area contributed by atoms with Crippen LogP contribution in [0.3, 0.4) is 0 Å². The second-order valence-corrected chi connectivity index (χ2v) is 26.8. The van der Waals surface area contributed by atoms with Gasteiger partial charge in [0.1, 0.15) is 17.5 Å². The second-order valence-electron chi connectivity index (χ2n) is 23.2. The molecule has 11 N–H and O–H groups in total. The zero-order chi connectivity index (χ0) is 60.9. The van der Waals surface area contributed by atoms with E-state index < -0.39 is 0 Å². The van der Waals surface area contributed by atoms with Crippen LogP contribution in [0.1, 0.15) is 51.0 Å². The second kappa shape index (κ2) is 30.6. The van der Waals surface area contributed by atoms with Gasteiger partial charge in [-0.3, -0.25) is 19.8 Å². The van der Waals surface area contributed by atoms with Gasteiger partial charge in [0.15, 0.2) is 12.5 Å². The Morgan fingerprint density at radius 3 is 1.41 bits per heavy atom. The van der Waals surface area contributed by atoms with Crippen molar-refractivity contribution in [1.29, 1.82) is 0 Å². The third-order valence-electron chi connectivity index (χ3n) is 16.6. The summed E-state index contributed by atoms with van der Waals surface area (Å²) >= 11 is 11.3. The Labute approximate surface area is 532 Å². The fourth-order valence-electron chi connectivity index (χ4n) is 11.5. The summed E-state index contributed by atoms with van der Waals surface area (Å²) in [6, 6.07) is 17.8. The molecule has 0 amide bonds. The van der Waals surface area contributed by atoms with Crippen LogP contribution in [0.5, 0.6) is 0 Å². The number of anilines is 5. The molecule has 5 aliphatic rings.